The molecule has 1 heterocycles. The number of benzene rings is 2. The van der Waals surface area contributed by atoms with E-state index in [1.807, 2.05) is 18.2 Å². The molecule has 2 aromatic rings. The van der Waals surface area contributed by atoms with Crippen LogP contribution in [0.4, 0.5) is 0 Å². The predicted molar refractivity (Wildman–Crippen MR) is 103 cm³/mol. The van der Waals surface area contributed by atoms with Crippen molar-refractivity contribution in [3.05, 3.63) is 60.2 Å². The Morgan fingerprint density at radius 1 is 1.04 bits per heavy atom. The molecular weight excluding hydrogens is 348 g/mol. The van der Waals surface area contributed by atoms with Crippen LogP contribution in [0.1, 0.15) is 18.4 Å². The van der Waals surface area contributed by atoms with Crippen LogP contribution in [0.25, 0.3) is 0 Å². The van der Waals surface area contributed by atoms with Crippen molar-refractivity contribution < 1.29 is 13.2 Å². The van der Waals surface area contributed by atoms with E-state index in [2.05, 4.69) is 17.4 Å². The fourth-order valence-electron chi connectivity index (χ4n) is 3.26. The molecule has 0 aliphatic carbocycles. The fourth-order valence-corrected chi connectivity index (χ4v) is 4.75. The maximum Gasteiger partial charge on any atom is 0.243 e. The van der Waals surface area contributed by atoms with Crippen molar-refractivity contribution in [2.75, 3.05) is 26.7 Å². The molecule has 6 heteroatoms. The van der Waals surface area contributed by atoms with E-state index in [1.165, 1.54) is 5.56 Å². The van der Waals surface area contributed by atoms with Crippen LogP contribution in [0.3, 0.4) is 0 Å². The van der Waals surface area contributed by atoms with E-state index in [1.54, 1.807) is 35.7 Å². The Kier molecular flexibility index (Phi) is 6.29. The van der Waals surface area contributed by atoms with Gasteiger partial charge in [-0.15, -0.1) is 0 Å². The number of hydrogen-bond acceptors (Lipinski definition) is 4. The minimum atomic E-state index is -3.35. The average molecular weight is 375 g/mol. The summed E-state index contributed by atoms with van der Waals surface area (Å²) < 4.78 is 32.1. The second-order valence-electron chi connectivity index (χ2n) is 6.64. The normalized spacial score (nSPS) is 16.5. The van der Waals surface area contributed by atoms with Gasteiger partial charge in [0.25, 0.3) is 0 Å². The zero-order valence-electron chi connectivity index (χ0n) is 15.1. The molecule has 1 fully saturated rings. The molecule has 3 rings (SSSR count). The first-order valence-electron chi connectivity index (χ1n) is 8.98. The average Bonchev–Trinajstić information content (AvgIpc) is 2.69. The van der Waals surface area contributed by atoms with Gasteiger partial charge in [-0.05, 0) is 55.1 Å². The largest absolute Gasteiger partial charge is 0.497 e. The van der Waals surface area contributed by atoms with Crippen LogP contribution < -0.4 is 10.1 Å². The van der Waals surface area contributed by atoms with Crippen molar-refractivity contribution in [1.82, 2.24) is 9.62 Å². The van der Waals surface area contributed by atoms with Gasteiger partial charge in [0.2, 0.25) is 10.0 Å². The third kappa shape index (κ3) is 4.63. The second-order valence-corrected chi connectivity index (χ2v) is 8.58. The maximum absolute atomic E-state index is 12.6. The Hall–Kier alpha value is -1.89. The second kappa shape index (κ2) is 8.66. The highest BCUT2D eigenvalue weighted by Crippen LogP contribution is 2.23. The van der Waals surface area contributed by atoms with Gasteiger partial charge in [-0.3, -0.25) is 0 Å². The van der Waals surface area contributed by atoms with Gasteiger partial charge in [-0.2, -0.15) is 4.31 Å². The Balaban J connectivity index is 1.45. The number of methoxy groups -OCH3 is 1. The molecule has 1 N–H and O–H groups in total. The van der Waals surface area contributed by atoms with Crippen LogP contribution in [0, 0.1) is 5.92 Å². The Labute approximate surface area is 156 Å². The summed E-state index contributed by atoms with van der Waals surface area (Å²) in [6.45, 7) is 2.90. The first-order chi connectivity index (χ1) is 12.6. The molecule has 140 valence electrons. The van der Waals surface area contributed by atoms with Crippen molar-refractivity contribution in [3.8, 4) is 5.75 Å². The number of nitrogens with one attached hydrogen (secondary N) is 1. The molecule has 1 aliphatic rings. The van der Waals surface area contributed by atoms with Gasteiger partial charge in [0.05, 0.1) is 12.0 Å². The van der Waals surface area contributed by atoms with Crippen LogP contribution in [-0.4, -0.2) is 39.5 Å². The standard InChI is InChI=1S/C20H26N2O3S/c1-25-19-9-7-17(8-10-19)15-21-16-18-11-13-22(14-12-18)26(23,24)20-5-3-2-4-6-20/h2-10,18,21H,11-16H2,1H3. The highest BCUT2D eigenvalue weighted by molar-refractivity contribution is 7.89. The number of sulfonamides is 1. The van der Waals surface area contributed by atoms with Crippen LogP contribution in [0.5, 0.6) is 5.75 Å². The number of piperidine rings is 1. The summed E-state index contributed by atoms with van der Waals surface area (Å²) in [5.74, 6) is 1.37. The molecule has 0 saturated carbocycles. The van der Waals surface area contributed by atoms with Gasteiger partial charge in [0.1, 0.15) is 5.75 Å². The first-order valence-corrected chi connectivity index (χ1v) is 10.4. The lowest BCUT2D eigenvalue weighted by Crippen LogP contribution is -2.40. The van der Waals surface area contributed by atoms with E-state index in [0.717, 1.165) is 31.7 Å². The Morgan fingerprint density at radius 2 is 1.69 bits per heavy atom. The van der Waals surface area contributed by atoms with Crippen LogP contribution in [0.15, 0.2) is 59.5 Å². The molecule has 1 saturated heterocycles. The van der Waals surface area contributed by atoms with E-state index < -0.39 is 10.0 Å². The summed E-state index contributed by atoms with van der Waals surface area (Å²) in [5, 5.41) is 3.49. The van der Waals surface area contributed by atoms with Gasteiger partial charge in [-0.25, -0.2) is 8.42 Å². The summed E-state index contributed by atoms with van der Waals surface area (Å²) in [7, 11) is -1.69. The topological polar surface area (TPSA) is 58.6 Å². The molecule has 5 nitrogen and oxygen atoms in total. The van der Waals surface area contributed by atoms with E-state index in [9.17, 15) is 8.42 Å². The van der Waals surface area contributed by atoms with E-state index in [4.69, 9.17) is 4.74 Å². The summed E-state index contributed by atoms with van der Waals surface area (Å²) in [4.78, 5) is 0.385. The van der Waals surface area contributed by atoms with Crippen molar-refractivity contribution in [1.29, 1.82) is 0 Å². The molecule has 0 amide bonds. The molecule has 0 spiro atoms. The van der Waals surface area contributed by atoms with Crippen LogP contribution in [-0.2, 0) is 16.6 Å². The minimum Gasteiger partial charge on any atom is -0.497 e. The van der Waals surface area contributed by atoms with Crippen molar-refractivity contribution >= 4 is 10.0 Å². The minimum absolute atomic E-state index is 0.385. The molecule has 0 bridgehead atoms. The Morgan fingerprint density at radius 3 is 2.31 bits per heavy atom. The van der Waals surface area contributed by atoms with Gasteiger partial charge >= 0.3 is 0 Å². The van der Waals surface area contributed by atoms with Crippen LogP contribution >= 0.6 is 0 Å². The SMILES string of the molecule is COc1ccc(CNCC2CCN(S(=O)(=O)c3ccccc3)CC2)cc1. The molecule has 0 atom stereocenters. The molecule has 0 unspecified atom stereocenters. The Bertz CT molecular complexity index is 784. The van der Waals surface area contributed by atoms with Crippen molar-refractivity contribution in [3.63, 3.8) is 0 Å². The smallest absolute Gasteiger partial charge is 0.243 e. The quantitative estimate of drug-likeness (QED) is 0.810. The molecule has 0 radical (unpaired) electrons. The zero-order chi connectivity index (χ0) is 18.4. The van der Waals surface area contributed by atoms with Crippen molar-refractivity contribution in [2.45, 2.75) is 24.3 Å². The van der Waals surface area contributed by atoms with Gasteiger partial charge in [-0.1, -0.05) is 30.3 Å². The van der Waals surface area contributed by atoms with Crippen LogP contribution in [0.2, 0.25) is 0 Å². The first kappa shape index (κ1) is 18.9. The van der Waals surface area contributed by atoms with E-state index >= 15 is 0 Å². The van der Waals surface area contributed by atoms with Gasteiger partial charge in [0, 0.05) is 19.6 Å². The highest BCUT2D eigenvalue weighted by Gasteiger charge is 2.28. The third-order valence-electron chi connectivity index (χ3n) is 4.88. The highest BCUT2D eigenvalue weighted by atomic mass is 32.2. The summed E-state index contributed by atoms with van der Waals surface area (Å²) in [6.07, 6.45) is 1.78. The summed E-state index contributed by atoms with van der Waals surface area (Å²) >= 11 is 0. The fraction of sp³-hybridized carbons (Fsp3) is 0.400. The number of nitrogens with zero attached hydrogens (tertiary/aromatic N) is 1. The van der Waals surface area contributed by atoms with Gasteiger partial charge in [0.15, 0.2) is 0 Å². The van der Waals surface area contributed by atoms with E-state index in [-0.39, 0.29) is 0 Å². The zero-order valence-corrected chi connectivity index (χ0v) is 15.9. The van der Waals surface area contributed by atoms with Gasteiger partial charge < -0.3 is 10.1 Å². The predicted octanol–water partition coefficient (Wildman–Crippen LogP) is 2.89. The maximum atomic E-state index is 12.6. The summed E-state index contributed by atoms with van der Waals surface area (Å²) in [5.41, 5.74) is 1.22. The number of rotatable bonds is 7. The number of hydrogen-bond donors (Lipinski definition) is 1. The van der Waals surface area contributed by atoms with Crippen molar-refractivity contribution in [2.24, 2.45) is 5.92 Å². The molecule has 26 heavy (non-hydrogen) atoms. The molecule has 0 aromatic heterocycles. The van der Waals surface area contributed by atoms with E-state index in [0.29, 0.717) is 23.9 Å². The lowest BCUT2D eigenvalue weighted by Gasteiger charge is -2.31. The lowest BCUT2D eigenvalue weighted by atomic mass is 9.98. The molecular formula is C20H26N2O3S. The molecule has 1 aliphatic heterocycles. The third-order valence-corrected chi connectivity index (χ3v) is 6.79. The molecule has 2 aromatic carbocycles. The lowest BCUT2D eigenvalue weighted by molar-refractivity contribution is 0.267. The monoisotopic (exact) mass is 374 g/mol. The number of ether oxygens (including phenoxy) is 1. The summed E-state index contributed by atoms with van der Waals surface area (Å²) in [6, 6.07) is 16.7.